The lowest BCUT2D eigenvalue weighted by atomic mass is 10.0. The summed E-state index contributed by atoms with van der Waals surface area (Å²) in [6.07, 6.45) is 3.20. The quantitative estimate of drug-likeness (QED) is 0.706. The van der Waals surface area contributed by atoms with Crippen molar-refractivity contribution in [3.05, 3.63) is 76.9 Å². The number of hydrogen-bond donors (Lipinski definition) is 2. The average Bonchev–Trinajstić information content (AvgIpc) is 3.40. The van der Waals surface area contributed by atoms with Crippen molar-refractivity contribution in [2.75, 3.05) is 11.9 Å². The number of nitrogens with one attached hydrogen (secondary N) is 2. The molecule has 2 N–H and O–H groups in total. The van der Waals surface area contributed by atoms with Gasteiger partial charge in [-0.15, -0.1) is 5.10 Å². The van der Waals surface area contributed by atoms with E-state index >= 15 is 0 Å². The standard InChI is InChI=1S/C23H23N5O2/c1-28-19-9-5-3-7-15(19)11-13-18(23(28)30)24-22(29)21-25-20(26-27-21)17-12-10-14-6-2-4-8-16(14)17/h2-9,17-18H,10-13H2,1H3,(H,24,29)(H,25,26,27)/t17?,18-/m0/s1. The smallest absolute Gasteiger partial charge is 0.291 e. The van der Waals surface area contributed by atoms with Gasteiger partial charge in [-0.25, -0.2) is 4.98 Å². The topological polar surface area (TPSA) is 91.0 Å². The summed E-state index contributed by atoms with van der Waals surface area (Å²) in [6.45, 7) is 0. The summed E-state index contributed by atoms with van der Waals surface area (Å²) in [4.78, 5) is 31.8. The average molecular weight is 401 g/mol. The van der Waals surface area contributed by atoms with Crippen molar-refractivity contribution >= 4 is 17.5 Å². The number of aromatic nitrogens is 3. The van der Waals surface area contributed by atoms with Gasteiger partial charge in [0.2, 0.25) is 11.7 Å². The maximum absolute atomic E-state index is 12.9. The first-order valence-corrected chi connectivity index (χ1v) is 10.3. The zero-order valence-electron chi connectivity index (χ0n) is 16.8. The summed E-state index contributed by atoms with van der Waals surface area (Å²) in [6, 6.07) is 15.5. The van der Waals surface area contributed by atoms with E-state index < -0.39 is 11.9 Å². The van der Waals surface area contributed by atoms with Crippen molar-refractivity contribution < 1.29 is 9.59 Å². The second-order valence-corrected chi connectivity index (χ2v) is 7.93. The first-order valence-electron chi connectivity index (χ1n) is 10.3. The predicted molar refractivity (Wildman–Crippen MR) is 112 cm³/mol. The van der Waals surface area contributed by atoms with E-state index in [4.69, 9.17) is 0 Å². The normalized spacial score (nSPS) is 20.4. The third-order valence-corrected chi connectivity index (χ3v) is 6.16. The van der Waals surface area contributed by atoms with Gasteiger partial charge in [-0.1, -0.05) is 42.5 Å². The van der Waals surface area contributed by atoms with Crippen LogP contribution in [0.3, 0.4) is 0 Å². The zero-order valence-corrected chi connectivity index (χ0v) is 16.8. The van der Waals surface area contributed by atoms with Crippen LogP contribution in [-0.4, -0.2) is 40.1 Å². The highest BCUT2D eigenvalue weighted by molar-refractivity contribution is 6.01. The van der Waals surface area contributed by atoms with Crippen molar-refractivity contribution in [3.63, 3.8) is 0 Å². The largest absolute Gasteiger partial charge is 0.337 e. The molecule has 2 atom stereocenters. The van der Waals surface area contributed by atoms with Crippen LogP contribution in [0.2, 0.25) is 0 Å². The Labute approximate surface area is 174 Å². The molecule has 1 aliphatic carbocycles. The number of aryl methyl sites for hydroxylation is 2. The molecule has 1 aliphatic heterocycles. The molecule has 152 valence electrons. The molecular weight excluding hydrogens is 378 g/mol. The number of rotatable bonds is 3. The summed E-state index contributed by atoms with van der Waals surface area (Å²) in [5.74, 6) is 0.332. The van der Waals surface area contributed by atoms with Gasteiger partial charge in [0.1, 0.15) is 11.9 Å². The van der Waals surface area contributed by atoms with Gasteiger partial charge in [0.25, 0.3) is 5.91 Å². The Hall–Kier alpha value is -3.48. The lowest BCUT2D eigenvalue weighted by Crippen LogP contribution is -2.47. The monoisotopic (exact) mass is 401 g/mol. The number of benzene rings is 2. The molecule has 0 fully saturated rings. The molecule has 2 amide bonds. The fraction of sp³-hybridized carbons (Fsp3) is 0.304. The molecule has 7 nitrogen and oxygen atoms in total. The Balaban J connectivity index is 1.32. The van der Waals surface area contributed by atoms with Gasteiger partial charge in [0, 0.05) is 18.7 Å². The number of H-pyrrole nitrogens is 1. The molecule has 0 bridgehead atoms. The Kier molecular flexibility index (Phi) is 4.58. The van der Waals surface area contributed by atoms with Crippen LogP contribution in [0, 0.1) is 0 Å². The Bertz CT molecular complexity index is 1120. The molecule has 3 aromatic rings. The van der Waals surface area contributed by atoms with E-state index in [1.807, 2.05) is 36.4 Å². The van der Waals surface area contributed by atoms with E-state index in [0.29, 0.717) is 12.2 Å². The molecule has 30 heavy (non-hydrogen) atoms. The van der Waals surface area contributed by atoms with E-state index in [1.165, 1.54) is 11.1 Å². The van der Waals surface area contributed by atoms with Gasteiger partial charge in [-0.05, 0) is 48.4 Å². The van der Waals surface area contributed by atoms with Crippen LogP contribution in [0.15, 0.2) is 48.5 Å². The van der Waals surface area contributed by atoms with Crippen LogP contribution in [0.1, 0.15) is 51.9 Å². The fourth-order valence-electron chi connectivity index (χ4n) is 4.55. The Morgan fingerprint density at radius 2 is 1.80 bits per heavy atom. The molecular formula is C23H23N5O2. The molecule has 0 saturated heterocycles. The molecule has 5 rings (SSSR count). The molecule has 2 aliphatic rings. The van der Waals surface area contributed by atoms with Crippen LogP contribution in [0.25, 0.3) is 0 Å². The maximum atomic E-state index is 12.9. The van der Waals surface area contributed by atoms with Crippen LogP contribution in [0.5, 0.6) is 0 Å². The number of likely N-dealkylation sites (N-methyl/N-ethyl adjacent to an activating group) is 1. The molecule has 2 aromatic carbocycles. The third kappa shape index (κ3) is 3.16. The summed E-state index contributed by atoms with van der Waals surface area (Å²) in [7, 11) is 1.74. The van der Waals surface area contributed by atoms with Gasteiger partial charge < -0.3 is 10.2 Å². The minimum atomic E-state index is -0.607. The lowest BCUT2D eigenvalue weighted by Gasteiger charge is -2.21. The molecule has 0 radical (unpaired) electrons. The van der Waals surface area contributed by atoms with Crippen molar-refractivity contribution in [2.24, 2.45) is 0 Å². The first kappa shape index (κ1) is 18.5. The Morgan fingerprint density at radius 3 is 2.67 bits per heavy atom. The number of hydrogen-bond acceptors (Lipinski definition) is 4. The van der Waals surface area contributed by atoms with Gasteiger partial charge in [0.05, 0.1) is 0 Å². The van der Waals surface area contributed by atoms with Crippen LogP contribution in [0.4, 0.5) is 5.69 Å². The van der Waals surface area contributed by atoms with Gasteiger partial charge in [-0.2, -0.15) is 0 Å². The number of amides is 2. The van der Waals surface area contributed by atoms with Crippen LogP contribution in [-0.2, 0) is 17.6 Å². The molecule has 2 heterocycles. The molecule has 1 unspecified atom stereocenters. The second kappa shape index (κ2) is 7.40. The highest BCUT2D eigenvalue weighted by atomic mass is 16.2. The number of carbonyl (C=O) groups excluding carboxylic acids is 2. The van der Waals surface area contributed by atoms with E-state index in [9.17, 15) is 9.59 Å². The van der Waals surface area contributed by atoms with Crippen molar-refractivity contribution in [1.29, 1.82) is 0 Å². The van der Waals surface area contributed by atoms with Gasteiger partial charge in [0.15, 0.2) is 0 Å². The SMILES string of the molecule is CN1C(=O)[C@@H](NC(=O)c2n[nH]c(C3CCc4ccccc43)n2)CCc2ccccc21. The summed E-state index contributed by atoms with van der Waals surface area (Å²) in [5, 5.41) is 9.91. The fourth-order valence-corrected chi connectivity index (χ4v) is 4.55. The predicted octanol–water partition coefficient (Wildman–Crippen LogP) is 2.59. The highest BCUT2D eigenvalue weighted by Gasteiger charge is 2.31. The number of aromatic amines is 1. The minimum absolute atomic E-state index is 0.0756. The van der Waals surface area contributed by atoms with Gasteiger partial charge in [-0.3, -0.25) is 14.7 Å². The molecule has 0 saturated carbocycles. The number of fused-ring (bicyclic) bond motifs is 2. The van der Waals surface area contributed by atoms with Gasteiger partial charge >= 0.3 is 0 Å². The number of para-hydroxylation sites is 1. The molecule has 0 spiro atoms. The van der Waals surface area contributed by atoms with E-state index in [0.717, 1.165) is 30.5 Å². The minimum Gasteiger partial charge on any atom is -0.337 e. The van der Waals surface area contributed by atoms with E-state index in [1.54, 1.807) is 11.9 Å². The van der Waals surface area contributed by atoms with E-state index in [-0.39, 0.29) is 17.6 Å². The van der Waals surface area contributed by atoms with E-state index in [2.05, 4.69) is 32.6 Å². The van der Waals surface area contributed by atoms with Crippen molar-refractivity contribution in [3.8, 4) is 0 Å². The van der Waals surface area contributed by atoms with Crippen LogP contribution >= 0.6 is 0 Å². The third-order valence-electron chi connectivity index (χ3n) is 6.16. The maximum Gasteiger partial charge on any atom is 0.291 e. The van der Waals surface area contributed by atoms with Crippen molar-refractivity contribution in [2.45, 2.75) is 37.6 Å². The number of nitrogens with zero attached hydrogens (tertiary/aromatic N) is 3. The summed E-state index contributed by atoms with van der Waals surface area (Å²) < 4.78 is 0. The Morgan fingerprint density at radius 1 is 1.07 bits per heavy atom. The molecule has 7 heteroatoms. The van der Waals surface area contributed by atoms with Crippen molar-refractivity contribution in [1.82, 2.24) is 20.5 Å². The summed E-state index contributed by atoms with van der Waals surface area (Å²) >= 11 is 0. The molecule has 1 aromatic heterocycles. The summed E-state index contributed by atoms with van der Waals surface area (Å²) in [5.41, 5.74) is 4.54. The number of anilines is 1. The zero-order chi connectivity index (χ0) is 20.7. The lowest BCUT2D eigenvalue weighted by molar-refractivity contribution is -0.120. The first-order chi connectivity index (χ1) is 14.6. The highest BCUT2D eigenvalue weighted by Crippen LogP contribution is 2.36. The second-order valence-electron chi connectivity index (χ2n) is 7.93. The van der Waals surface area contributed by atoms with Crippen LogP contribution < -0.4 is 10.2 Å². The number of carbonyl (C=O) groups is 2.